The molecule has 7 nitrogen and oxygen atoms in total. The molecule has 0 saturated carbocycles. The minimum Gasteiger partial charge on any atom is -0.338 e. The molecule has 2 aliphatic heterocycles. The molecule has 2 amide bonds. The summed E-state index contributed by atoms with van der Waals surface area (Å²) < 4.78 is 27.7. The maximum Gasteiger partial charge on any atom is 0.264 e. The minimum absolute atomic E-state index is 0.0483. The lowest BCUT2D eigenvalue weighted by Crippen LogP contribution is -2.55. The van der Waals surface area contributed by atoms with Crippen molar-refractivity contribution in [3.63, 3.8) is 0 Å². The first-order valence-electron chi connectivity index (χ1n) is 11.3. The van der Waals surface area contributed by atoms with Gasteiger partial charge < -0.3 is 9.80 Å². The lowest BCUT2D eigenvalue weighted by atomic mass is 9.87. The monoisotopic (exact) mass is 489 g/mol. The van der Waals surface area contributed by atoms with Gasteiger partial charge in [-0.3, -0.25) is 9.59 Å². The fourth-order valence-electron chi connectivity index (χ4n) is 4.44. The van der Waals surface area contributed by atoms with Crippen LogP contribution >= 0.6 is 11.3 Å². The first-order chi connectivity index (χ1) is 15.6. The molecule has 2 aliphatic rings. The second kappa shape index (κ2) is 9.19. The van der Waals surface area contributed by atoms with E-state index in [-0.39, 0.29) is 35.2 Å². The molecule has 2 saturated heterocycles. The SMILES string of the molecule is CC(C)(C)c1ccc(S(=O)(=O)N2CCN(C(=O)[C@@H]3CCCN3C(=O)c3cccs3)CC2)cc1. The van der Waals surface area contributed by atoms with E-state index in [0.29, 0.717) is 30.9 Å². The normalized spacial score (nSPS) is 20.3. The molecule has 2 aromatic rings. The van der Waals surface area contributed by atoms with Crippen molar-refractivity contribution in [3.8, 4) is 0 Å². The number of likely N-dealkylation sites (tertiary alicyclic amines) is 1. The van der Waals surface area contributed by atoms with Crippen LogP contribution in [0.1, 0.15) is 48.8 Å². The average Bonchev–Trinajstić information content (AvgIpc) is 3.50. The molecule has 0 radical (unpaired) electrons. The van der Waals surface area contributed by atoms with E-state index >= 15 is 0 Å². The van der Waals surface area contributed by atoms with E-state index in [9.17, 15) is 18.0 Å². The van der Waals surface area contributed by atoms with Crippen LogP contribution in [0.4, 0.5) is 0 Å². The Balaban J connectivity index is 1.40. The molecular formula is C24H31N3O4S2. The third-order valence-electron chi connectivity index (χ3n) is 6.44. The van der Waals surface area contributed by atoms with E-state index in [0.717, 1.165) is 12.0 Å². The van der Waals surface area contributed by atoms with E-state index in [1.165, 1.54) is 15.6 Å². The quantitative estimate of drug-likeness (QED) is 0.661. The van der Waals surface area contributed by atoms with Crippen molar-refractivity contribution < 1.29 is 18.0 Å². The Hall–Kier alpha value is -2.23. The maximum absolute atomic E-state index is 13.2. The third kappa shape index (κ3) is 4.85. The summed E-state index contributed by atoms with van der Waals surface area (Å²) in [6.07, 6.45) is 1.45. The number of piperazine rings is 1. The number of nitrogens with zero attached hydrogens (tertiary/aromatic N) is 3. The first kappa shape index (κ1) is 23.9. The zero-order valence-corrected chi connectivity index (χ0v) is 21.0. The number of hydrogen-bond donors (Lipinski definition) is 0. The van der Waals surface area contributed by atoms with Gasteiger partial charge in [0.25, 0.3) is 5.91 Å². The van der Waals surface area contributed by atoms with Gasteiger partial charge in [-0.15, -0.1) is 11.3 Å². The summed E-state index contributed by atoms with van der Waals surface area (Å²) in [6.45, 7) is 8.00. The minimum atomic E-state index is -3.61. The number of thiophene rings is 1. The Morgan fingerprint density at radius 2 is 1.64 bits per heavy atom. The van der Waals surface area contributed by atoms with Crippen molar-refractivity contribution in [2.75, 3.05) is 32.7 Å². The van der Waals surface area contributed by atoms with E-state index in [2.05, 4.69) is 20.8 Å². The van der Waals surface area contributed by atoms with Gasteiger partial charge in [0.1, 0.15) is 6.04 Å². The number of carbonyl (C=O) groups excluding carboxylic acids is 2. The summed E-state index contributed by atoms with van der Waals surface area (Å²) in [6, 6.07) is 10.2. The Morgan fingerprint density at radius 1 is 0.970 bits per heavy atom. The molecule has 1 aromatic carbocycles. The largest absolute Gasteiger partial charge is 0.338 e. The van der Waals surface area contributed by atoms with Crippen LogP contribution in [0.5, 0.6) is 0 Å². The molecule has 1 atom stereocenters. The Bertz CT molecular complexity index is 1100. The molecule has 0 N–H and O–H groups in total. The molecule has 2 fully saturated rings. The lowest BCUT2D eigenvalue weighted by molar-refractivity contribution is -0.136. The molecular weight excluding hydrogens is 458 g/mol. The van der Waals surface area contributed by atoms with Gasteiger partial charge >= 0.3 is 0 Å². The van der Waals surface area contributed by atoms with Crippen molar-refractivity contribution in [1.82, 2.24) is 14.1 Å². The van der Waals surface area contributed by atoms with Crippen molar-refractivity contribution in [2.45, 2.75) is 50.0 Å². The number of amides is 2. The predicted octanol–water partition coefficient (Wildman–Crippen LogP) is 3.18. The van der Waals surface area contributed by atoms with Crippen LogP contribution in [0.3, 0.4) is 0 Å². The number of sulfonamides is 1. The van der Waals surface area contributed by atoms with Gasteiger partial charge in [-0.1, -0.05) is 39.0 Å². The molecule has 0 spiro atoms. The van der Waals surface area contributed by atoms with Crippen molar-refractivity contribution in [2.24, 2.45) is 0 Å². The molecule has 178 valence electrons. The molecule has 9 heteroatoms. The topological polar surface area (TPSA) is 78.0 Å². The van der Waals surface area contributed by atoms with Crippen molar-refractivity contribution >= 4 is 33.2 Å². The zero-order valence-electron chi connectivity index (χ0n) is 19.4. The molecule has 33 heavy (non-hydrogen) atoms. The Kier molecular flexibility index (Phi) is 6.66. The van der Waals surface area contributed by atoms with Crippen LogP contribution in [0.2, 0.25) is 0 Å². The van der Waals surface area contributed by atoms with E-state index < -0.39 is 16.1 Å². The average molecular weight is 490 g/mol. The van der Waals surface area contributed by atoms with Crippen molar-refractivity contribution in [3.05, 3.63) is 52.2 Å². The number of rotatable bonds is 4. The summed E-state index contributed by atoms with van der Waals surface area (Å²) in [5.41, 5.74) is 1.03. The van der Waals surface area contributed by atoms with Crippen LogP contribution in [0, 0.1) is 0 Å². The van der Waals surface area contributed by atoms with Gasteiger partial charge in [-0.2, -0.15) is 4.31 Å². The molecule has 4 rings (SSSR count). The van der Waals surface area contributed by atoms with Gasteiger partial charge in [0.15, 0.2) is 0 Å². The number of benzene rings is 1. The van der Waals surface area contributed by atoms with Gasteiger partial charge in [0, 0.05) is 32.7 Å². The second-order valence-corrected chi connectivity index (χ2v) is 12.5. The summed E-state index contributed by atoms with van der Waals surface area (Å²) in [7, 11) is -3.61. The second-order valence-electron chi connectivity index (χ2n) is 9.64. The van der Waals surface area contributed by atoms with Crippen LogP contribution in [0.15, 0.2) is 46.7 Å². The van der Waals surface area contributed by atoms with E-state index in [4.69, 9.17) is 0 Å². The van der Waals surface area contributed by atoms with Gasteiger partial charge in [0.2, 0.25) is 15.9 Å². The van der Waals surface area contributed by atoms with Crippen LogP contribution in [-0.2, 0) is 20.2 Å². The highest BCUT2D eigenvalue weighted by Crippen LogP contribution is 2.27. The summed E-state index contributed by atoms with van der Waals surface area (Å²) in [5.74, 6) is -0.176. The van der Waals surface area contributed by atoms with Crippen LogP contribution in [0.25, 0.3) is 0 Å². The standard InChI is InChI=1S/C24H31N3O4S2/c1-24(2,3)18-8-10-19(11-9-18)33(30,31)26-15-13-25(14-16-26)22(28)20-6-4-12-27(20)23(29)21-7-5-17-32-21/h5,7-11,17,20H,4,6,12-16H2,1-3H3/t20-/m0/s1. The summed E-state index contributed by atoms with van der Waals surface area (Å²) >= 11 is 1.38. The molecule has 0 bridgehead atoms. The predicted molar refractivity (Wildman–Crippen MR) is 129 cm³/mol. The van der Waals surface area contributed by atoms with Gasteiger partial charge in [-0.05, 0) is 47.4 Å². The lowest BCUT2D eigenvalue weighted by Gasteiger charge is -2.36. The van der Waals surface area contributed by atoms with E-state index in [1.54, 1.807) is 28.0 Å². The summed E-state index contributed by atoms with van der Waals surface area (Å²) in [5, 5.41) is 1.86. The van der Waals surface area contributed by atoms with Gasteiger partial charge in [0.05, 0.1) is 9.77 Å². The highest BCUT2D eigenvalue weighted by molar-refractivity contribution is 7.89. The number of hydrogen-bond acceptors (Lipinski definition) is 5. The first-order valence-corrected chi connectivity index (χ1v) is 13.6. The Labute approximate surface area is 200 Å². The Morgan fingerprint density at radius 3 is 2.21 bits per heavy atom. The molecule has 0 unspecified atom stereocenters. The third-order valence-corrected chi connectivity index (χ3v) is 9.21. The van der Waals surface area contributed by atoms with Crippen LogP contribution in [-0.4, -0.2) is 73.1 Å². The smallest absolute Gasteiger partial charge is 0.264 e. The molecule has 0 aliphatic carbocycles. The fraction of sp³-hybridized carbons (Fsp3) is 0.500. The fourth-order valence-corrected chi connectivity index (χ4v) is 6.55. The van der Waals surface area contributed by atoms with E-state index in [1.807, 2.05) is 23.6 Å². The van der Waals surface area contributed by atoms with Crippen molar-refractivity contribution in [1.29, 1.82) is 0 Å². The number of carbonyl (C=O) groups is 2. The maximum atomic E-state index is 13.2. The summed E-state index contributed by atoms with van der Waals surface area (Å²) in [4.78, 5) is 30.3. The van der Waals surface area contributed by atoms with Gasteiger partial charge in [-0.25, -0.2) is 8.42 Å². The molecule has 1 aromatic heterocycles. The molecule has 3 heterocycles. The highest BCUT2D eigenvalue weighted by Gasteiger charge is 2.39. The highest BCUT2D eigenvalue weighted by atomic mass is 32.2. The van der Waals surface area contributed by atoms with Crippen LogP contribution < -0.4 is 0 Å². The zero-order chi connectivity index (χ0) is 23.8.